The van der Waals surface area contributed by atoms with Gasteiger partial charge in [-0.1, -0.05) is 20.8 Å². The molecule has 15 heavy (non-hydrogen) atoms. The highest BCUT2D eigenvalue weighted by Gasteiger charge is 2.24. The van der Waals surface area contributed by atoms with Crippen LogP contribution in [0.5, 0.6) is 0 Å². The zero-order valence-electron chi connectivity index (χ0n) is 9.75. The summed E-state index contributed by atoms with van der Waals surface area (Å²) in [5.74, 6) is 0.256. The zero-order valence-corrected chi connectivity index (χ0v) is 11.3. The molecule has 0 aliphatic heterocycles. The number of hydrogen-bond donors (Lipinski definition) is 0. The van der Waals surface area contributed by atoms with Crippen LogP contribution in [0.2, 0.25) is 0 Å². The highest BCUT2D eigenvalue weighted by molar-refractivity contribution is 5.82. The first-order valence-electron chi connectivity index (χ1n) is 4.88. The third-order valence-electron chi connectivity index (χ3n) is 2.22. The summed E-state index contributed by atoms with van der Waals surface area (Å²) in [7, 11) is 0. The maximum Gasteiger partial charge on any atom is 0.206 e. The third-order valence-corrected chi connectivity index (χ3v) is 2.22. The summed E-state index contributed by atoms with van der Waals surface area (Å²) < 4.78 is 1.92. The van der Waals surface area contributed by atoms with Crippen LogP contribution in [-0.2, 0) is 11.3 Å². The van der Waals surface area contributed by atoms with Crippen molar-refractivity contribution < 1.29 is 26.3 Å². The molecule has 0 aliphatic carbocycles. The number of rotatable bonds is 2. The predicted molar refractivity (Wildman–Crippen MR) is 55.8 cm³/mol. The molecule has 1 rings (SSSR count). The molecule has 3 heteroatoms. The number of nitrogens with zero attached hydrogens (tertiary/aromatic N) is 1. The second-order valence-electron chi connectivity index (χ2n) is 4.72. The van der Waals surface area contributed by atoms with Gasteiger partial charge in [-0.05, 0) is 12.5 Å². The van der Waals surface area contributed by atoms with Crippen molar-refractivity contribution in [3.63, 3.8) is 0 Å². The Labute approximate surface area is 102 Å². The first-order chi connectivity index (χ1) is 6.39. The summed E-state index contributed by atoms with van der Waals surface area (Å²) in [5, 5.41) is 0. The average Bonchev–Trinajstić information content (AvgIpc) is 2.07. The van der Waals surface area contributed by atoms with E-state index >= 15 is 0 Å². The molecule has 1 aromatic heterocycles. The van der Waals surface area contributed by atoms with E-state index in [1.54, 1.807) is 0 Å². The fourth-order valence-corrected chi connectivity index (χ4v) is 1.04. The summed E-state index contributed by atoms with van der Waals surface area (Å²) in [6.07, 6.45) is 3.89. The second kappa shape index (κ2) is 5.40. The SMILES string of the molecule is Cc1cc[n+](CC(=O)C(C)(C)C)cc1.[Br-]. The Bertz CT molecular complexity index is 324. The fourth-order valence-electron chi connectivity index (χ4n) is 1.04. The number of aryl methyl sites for hydroxylation is 1. The van der Waals surface area contributed by atoms with Crippen LogP contribution in [0.25, 0.3) is 0 Å². The molecule has 0 radical (unpaired) electrons. The van der Waals surface area contributed by atoms with E-state index in [0.717, 1.165) is 0 Å². The number of pyridine rings is 1. The molecule has 1 aromatic rings. The van der Waals surface area contributed by atoms with Crippen LogP contribution < -0.4 is 21.5 Å². The van der Waals surface area contributed by atoms with Gasteiger partial charge in [0.1, 0.15) is 0 Å². The summed E-state index contributed by atoms with van der Waals surface area (Å²) >= 11 is 0. The molecule has 0 aliphatic rings. The number of hydrogen-bond acceptors (Lipinski definition) is 1. The first kappa shape index (κ1) is 14.3. The monoisotopic (exact) mass is 271 g/mol. The summed E-state index contributed by atoms with van der Waals surface area (Å²) in [6, 6.07) is 4.02. The Morgan fingerprint density at radius 2 is 1.73 bits per heavy atom. The number of Topliss-reactive ketones (excluding diaryl/α,β-unsaturated/α-hetero) is 1. The van der Waals surface area contributed by atoms with Gasteiger partial charge in [0.05, 0.1) is 0 Å². The number of ketones is 1. The summed E-state index contributed by atoms with van der Waals surface area (Å²) in [5.41, 5.74) is 0.960. The molecule has 0 saturated carbocycles. The second-order valence-corrected chi connectivity index (χ2v) is 4.72. The minimum Gasteiger partial charge on any atom is -1.00 e. The van der Waals surface area contributed by atoms with Gasteiger partial charge in [0.25, 0.3) is 0 Å². The molecule has 0 aromatic carbocycles. The van der Waals surface area contributed by atoms with Gasteiger partial charge in [-0.25, -0.2) is 0 Å². The van der Waals surface area contributed by atoms with Crippen LogP contribution in [0.1, 0.15) is 26.3 Å². The van der Waals surface area contributed by atoms with Crippen LogP contribution >= 0.6 is 0 Å². The van der Waals surface area contributed by atoms with E-state index in [-0.39, 0.29) is 28.2 Å². The number of carbonyl (C=O) groups excluding carboxylic acids is 1. The van der Waals surface area contributed by atoms with E-state index in [1.165, 1.54) is 5.56 Å². The van der Waals surface area contributed by atoms with Gasteiger partial charge in [0, 0.05) is 17.5 Å². The Balaban J connectivity index is 0.00000196. The highest BCUT2D eigenvalue weighted by Crippen LogP contribution is 2.13. The Hall–Kier alpha value is -0.700. The minimum atomic E-state index is -0.252. The van der Waals surface area contributed by atoms with Crippen molar-refractivity contribution in [3.8, 4) is 0 Å². The van der Waals surface area contributed by atoms with Crippen molar-refractivity contribution in [2.45, 2.75) is 34.2 Å². The summed E-state index contributed by atoms with van der Waals surface area (Å²) in [6.45, 7) is 8.35. The van der Waals surface area contributed by atoms with Gasteiger partial charge >= 0.3 is 0 Å². The lowest BCUT2D eigenvalue weighted by Crippen LogP contribution is -3.00. The Kier molecular flexibility index (Phi) is 5.15. The number of aromatic nitrogens is 1. The van der Waals surface area contributed by atoms with Gasteiger partial charge in [-0.3, -0.25) is 4.79 Å². The lowest BCUT2D eigenvalue weighted by molar-refractivity contribution is -0.684. The molecule has 0 spiro atoms. The van der Waals surface area contributed by atoms with E-state index in [2.05, 4.69) is 0 Å². The van der Waals surface area contributed by atoms with E-state index in [9.17, 15) is 4.79 Å². The normalized spacial score (nSPS) is 10.7. The molecule has 2 nitrogen and oxygen atoms in total. The molecular weight excluding hydrogens is 254 g/mol. The van der Waals surface area contributed by atoms with Crippen molar-refractivity contribution >= 4 is 5.78 Å². The maximum atomic E-state index is 11.7. The quantitative estimate of drug-likeness (QED) is 0.626. The molecule has 0 saturated heterocycles. The topological polar surface area (TPSA) is 20.9 Å². The molecule has 1 heterocycles. The van der Waals surface area contributed by atoms with Crippen molar-refractivity contribution in [2.75, 3.05) is 0 Å². The lowest BCUT2D eigenvalue weighted by atomic mass is 9.91. The van der Waals surface area contributed by atoms with Crippen molar-refractivity contribution in [1.29, 1.82) is 0 Å². The Morgan fingerprint density at radius 3 is 2.13 bits per heavy atom. The van der Waals surface area contributed by atoms with E-state index in [1.807, 2.05) is 56.8 Å². The number of carbonyl (C=O) groups is 1. The van der Waals surface area contributed by atoms with Gasteiger partial charge in [0.2, 0.25) is 12.3 Å². The van der Waals surface area contributed by atoms with Crippen molar-refractivity contribution in [2.24, 2.45) is 5.41 Å². The third kappa shape index (κ3) is 4.56. The van der Waals surface area contributed by atoms with Gasteiger partial charge < -0.3 is 17.0 Å². The summed E-state index contributed by atoms with van der Waals surface area (Å²) in [4.78, 5) is 11.7. The molecule has 84 valence electrons. The molecule has 0 bridgehead atoms. The standard InChI is InChI=1S/C12H18NO.BrH/c1-10-5-7-13(8-6-10)9-11(14)12(2,3)4;/h5-8H,9H2,1-4H3;1H/q+1;/p-1. The maximum absolute atomic E-state index is 11.7. The molecular formula is C12H18BrNO. The van der Waals surface area contributed by atoms with Crippen molar-refractivity contribution in [3.05, 3.63) is 30.1 Å². The van der Waals surface area contributed by atoms with Crippen LogP contribution in [0.15, 0.2) is 24.5 Å². The van der Waals surface area contributed by atoms with Gasteiger partial charge in [0.15, 0.2) is 12.4 Å². The molecule has 0 N–H and O–H groups in total. The molecule has 0 atom stereocenters. The molecule has 0 unspecified atom stereocenters. The molecule has 0 amide bonds. The van der Waals surface area contributed by atoms with E-state index in [4.69, 9.17) is 0 Å². The number of halogens is 1. The lowest BCUT2D eigenvalue weighted by Gasteiger charge is -2.13. The Morgan fingerprint density at radius 1 is 1.27 bits per heavy atom. The predicted octanol–water partition coefficient (Wildman–Crippen LogP) is -1.10. The van der Waals surface area contributed by atoms with Crippen LogP contribution in [0.4, 0.5) is 0 Å². The first-order valence-corrected chi connectivity index (χ1v) is 4.88. The molecule has 0 fully saturated rings. The minimum absolute atomic E-state index is 0. The smallest absolute Gasteiger partial charge is 0.206 e. The highest BCUT2D eigenvalue weighted by atomic mass is 79.9. The van der Waals surface area contributed by atoms with E-state index < -0.39 is 0 Å². The zero-order chi connectivity index (χ0) is 10.8. The van der Waals surface area contributed by atoms with Gasteiger partial charge in [-0.2, -0.15) is 4.57 Å². The van der Waals surface area contributed by atoms with Gasteiger partial charge in [-0.15, -0.1) is 0 Å². The van der Waals surface area contributed by atoms with Crippen LogP contribution in [0, 0.1) is 12.3 Å². The fraction of sp³-hybridized carbons (Fsp3) is 0.500. The van der Waals surface area contributed by atoms with Crippen LogP contribution in [-0.4, -0.2) is 5.78 Å². The largest absolute Gasteiger partial charge is 1.00 e. The van der Waals surface area contributed by atoms with Crippen molar-refractivity contribution in [1.82, 2.24) is 0 Å². The average molecular weight is 272 g/mol. The van der Waals surface area contributed by atoms with Crippen LogP contribution in [0.3, 0.4) is 0 Å². The van der Waals surface area contributed by atoms with E-state index in [0.29, 0.717) is 6.54 Å².